The Labute approximate surface area is 113 Å². The number of hydrogen-bond acceptors (Lipinski definition) is 3. The quantitative estimate of drug-likeness (QED) is 0.916. The van der Waals surface area contributed by atoms with Crippen LogP contribution in [0.2, 0.25) is 5.02 Å². The van der Waals surface area contributed by atoms with Crippen molar-refractivity contribution in [2.45, 2.75) is 39.0 Å². The number of halogens is 1. The van der Waals surface area contributed by atoms with Crippen molar-refractivity contribution >= 4 is 11.6 Å². The Kier molecular flexibility index (Phi) is 4.49. The van der Waals surface area contributed by atoms with Crippen LogP contribution >= 0.6 is 11.6 Å². The van der Waals surface area contributed by atoms with Gasteiger partial charge in [-0.3, -0.25) is 4.90 Å². The molecule has 3 nitrogen and oxygen atoms in total. The fraction of sp³-hybridized carbons (Fsp3) is 0.571. The number of nitrogens with zero attached hydrogens (tertiary/aromatic N) is 1. The van der Waals surface area contributed by atoms with Crippen LogP contribution in [0.1, 0.15) is 25.8 Å². The highest BCUT2D eigenvalue weighted by atomic mass is 35.5. The van der Waals surface area contributed by atoms with Gasteiger partial charge in [-0.1, -0.05) is 24.6 Å². The maximum Gasteiger partial charge on any atom is 0.134 e. The van der Waals surface area contributed by atoms with Crippen molar-refractivity contribution in [2.75, 3.05) is 13.2 Å². The zero-order chi connectivity index (χ0) is 13.1. The first kappa shape index (κ1) is 13.7. The molecular formula is C14H20ClNO2. The zero-order valence-corrected chi connectivity index (χ0v) is 11.7. The summed E-state index contributed by atoms with van der Waals surface area (Å²) in [6.07, 6.45) is 1.36. The predicted molar refractivity (Wildman–Crippen MR) is 73.0 cm³/mol. The van der Waals surface area contributed by atoms with Crippen LogP contribution in [0.4, 0.5) is 0 Å². The molecule has 1 N–H and O–H groups in total. The minimum atomic E-state index is 0.141. The lowest BCUT2D eigenvalue weighted by molar-refractivity contribution is -0.0592. The van der Waals surface area contributed by atoms with Gasteiger partial charge in [0.15, 0.2) is 0 Å². The summed E-state index contributed by atoms with van der Waals surface area (Å²) in [6.45, 7) is 6.87. The molecule has 1 aromatic rings. The lowest BCUT2D eigenvalue weighted by atomic mass is 10.1. The van der Waals surface area contributed by atoms with Crippen molar-refractivity contribution in [1.29, 1.82) is 0 Å². The van der Waals surface area contributed by atoms with Crippen LogP contribution in [0, 0.1) is 0 Å². The van der Waals surface area contributed by atoms with E-state index >= 15 is 0 Å². The molecule has 1 aliphatic heterocycles. The van der Waals surface area contributed by atoms with Crippen molar-refractivity contribution < 1.29 is 9.84 Å². The molecule has 1 aromatic carbocycles. The summed E-state index contributed by atoms with van der Waals surface area (Å²) in [6, 6.07) is 5.88. The van der Waals surface area contributed by atoms with Gasteiger partial charge in [-0.05, 0) is 31.0 Å². The van der Waals surface area contributed by atoms with Crippen molar-refractivity contribution in [1.82, 2.24) is 4.90 Å². The molecule has 2 rings (SSSR count). The van der Waals surface area contributed by atoms with E-state index in [-0.39, 0.29) is 11.9 Å². The number of morpholine rings is 1. The van der Waals surface area contributed by atoms with E-state index in [0.717, 1.165) is 31.7 Å². The molecule has 0 radical (unpaired) electrons. The summed E-state index contributed by atoms with van der Waals surface area (Å²) in [5.74, 6) is 0.141. The van der Waals surface area contributed by atoms with Crippen molar-refractivity contribution in [2.24, 2.45) is 0 Å². The van der Waals surface area contributed by atoms with Crippen LogP contribution < -0.4 is 0 Å². The van der Waals surface area contributed by atoms with Crippen molar-refractivity contribution in [3.8, 4) is 5.75 Å². The normalized spacial score (nSPS) is 25.3. The monoisotopic (exact) mass is 269 g/mol. The molecule has 1 aliphatic rings. The Bertz CT molecular complexity index is 411. The van der Waals surface area contributed by atoms with Crippen molar-refractivity contribution in [3.05, 3.63) is 28.8 Å². The summed E-state index contributed by atoms with van der Waals surface area (Å²) < 4.78 is 5.68. The summed E-state index contributed by atoms with van der Waals surface area (Å²) in [5.41, 5.74) is 1.13. The highest BCUT2D eigenvalue weighted by Crippen LogP contribution is 2.25. The summed E-state index contributed by atoms with van der Waals surface area (Å²) >= 11 is 5.94. The van der Waals surface area contributed by atoms with Gasteiger partial charge in [0.1, 0.15) is 5.75 Å². The van der Waals surface area contributed by atoms with Crippen LogP contribution in [0.15, 0.2) is 18.2 Å². The van der Waals surface area contributed by atoms with Gasteiger partial charge in [0.2, 0.25) is 0 Å². The van der Waals surface area contributed by atoms with Gasteiger partial charge in [-0.15, -0.1) is 0 Å². The summed E-state index contributed by atoms with van der Waals surface area (Å²) in [4.78, 5) is 2.43. The standard InChI is InChI=1S/C14H20ClNO2/c1-3-12-9-18-10(2)7-16(12)8-11-4-5-14(17)13(15)6-11/h4-6,10,12,17H,3,7-9H2,1-2H3. The van der Waals surface area contributed by atoms with E-state index in [2.05, 4.69) is 18.7 Å². The minimum Gasteiger partial charge on any atom is -0.506 e. The summed E-state index contributed by atoms with van der Waals surface area (Å²) in [7, 11) is 0. The average Bonchev–Trinajstić information content (AvgIpc) is 2.34. The third kappa shape index (κ3) is 3.16. The second kappa shape index (κ2) is 5.91. The lowest BCUT2D eigenvalue weighted by Gasteiger charge is -2.38. The van der Waals surface area contributed by atoms with E-state index in [0.29, 0.717) is 11.1 Å². The molecule has 2 unspecified atom stereocenters. The molecule has 1 fully saturated rings. The Morgan fingerprint density at radius 2 is 2.28 bits per heavy atom. The third-order valence-corrected chi connectivity index (χ3v) is 3.75. The Balaban J connectivity index is 2.08. The highest BCUT2D eigenvalue weighted by molar-refractivity contribution is 6.32. The lowest BCUT2D eigenvalue weighted by Crippen LogP contribution is -2.47. The van der Waals surface area contributed by atoms with Gasteiger partial charge in [-0.2, -0.15) is 0 Å². The van der Waals surface area contributed by atoms with Gasteiger partial charge in [0, 0.05) is 19.1 Å². The number of benzene rings is 1. The third-order valence-electron chi connectivity index (χ3n) is 3.45. The molecular weight excluding hydrogens is 250 g/mol. The summed E-state index contributed by atoms with van der Waals surface area (Å²) in [5, 5.41) is 9.84. The van der Waals surface area contributed by atoms with Gasteiger partial charge in [-0.25, -0.2) is 0 Å². The number of rotatable bonds is 3. The number of phenols is 1. The van der Waals surface area contributed by atoms with Crippen LogP contribution in [-0.4, -0.2) is 35.3 Å². The molecule has 4 heteroatoms. The first-order valence-corrected chi connectivity index (χ1v) is 6.81. The molecule has 1 heterocycles. The van der Waals surface area contributed by atoms with Crippen LogP contribution in [0.25, 0.3) is 0 Å². The fourth-order valence-electron chi connectivity index (χ4n) is 2.37. The predicted octanol–water partition coefficient (Wildman–Crippen LogP) is 3.04. The molecule has 18 heavy (non-hydrogen) atoms. The van der Waals surface area contributed by atoms with E-state index in [9.17, 15) is 5.11 Å². The van der Waals surface area contributed by atoms with Gasteiger partial charge >= 0.3 is 0 Å². The second-order valence-electron chi connectivity index (χ2n) is 4.92. The van der Waals surface area contributed by atoms with Crippen LogP contribution in [0.5, 0.6) is 5.75 Å². The van der Waals surface area contributed by atoms with Crippen LogP contribution in [0.3, 0.4) is 0 Å². The molecule has 1 saturated heterocycles. The Morgan fingerprint density at radius 1 is 1.50 bits per heavy atom. The van der Waals surface area contributed by atoms with E-state index in [4.69, 9.17) is 16.3 Å². The molecule has 0 aliphatic carbocycles. The Morgan fingerprint density at radius 3 is 2.94 bits per heavy atom. The smallest absolute Gasteiger partial charge is 0.134 e. The molecule has 2 atom stereocenters. The van der Waals surface area contributed by atoms with Gasteiger partial charge in [0.05, 0.1) is 17.7 Å². The first-order valence-electron chi connectivity index (χ1n) is 6.43. The highest BCUT2D eigenvalue weighted by Gasteiger charge is 2.25. The van der Waals surface area contributed by atoms with Gasteiger partial charge < -0.3 is 9.84 Å². The van der Waals surface area contributed by atoms with E-state index in [1.54, 1.807) is 6.07 Å². The largest absolute Gasteiger partial charge is 0.506 e. The van der Waals surface area contributed by atoms with Gasteiger partial charge in [0.25, 0.3) is 0 Å². The van der Waals surface area contributed by atoms with E-state index < -0.39 is 0 Å². The number of ether oxygens (including phenoxy) is 1. The molecule has 0 spiro atoms. The van der Waals surface area contributed by atoms with E-state index in [1.807, 2.05) is 12.1 Å². The molecule has 100 valence electrons. The molecule has 0 amide bonds. The topological polar surface area (TPSA) is 32.7 Å². The number of aromatic hydroxyl groups is 1. The molecule has 0 bridgehead atoms. The van der Waals surface area contributed by atoms with E-state index in [1.165, 1.54) is 0 Å². The van der Waals surface area contributed by atoms with Crippen molar-refractivity contribution in [3.63, 3.8) is 0 Å². The Hall–Kier alpha value is -0.770. The molecule has 0 saturated carbocycles. The van der Waals surface area contributed by atoms with Crippen LogP contribution in [-0.2, 0) is 11.3 Å². The first-order chi connectivity index (χ1) is 8.60. The average molecular weight is 270 g/mol. The minimum absolute atomic E-state index is 0.141. The maximum atomic E-state index is 9.42. The fourth-order valence-corrected chi connectivity index (χ4v) is 2.57. The maximum absolute atomic E-state index is 9.42. The number of hydrogen-bond donors (Lipinski definition) is 1. The second-order valence-corrected chi connectivity index (χ2v) is 5.33. The molecule has 0 aromatic heterocycles. The SMILES string of the molecule is CCC1COC(C)CN1Cc1ccc(O)c(Cl)c1. The number of phenolic OH excluding ortho intramolecular Hbond substituents is 1. The zero-order valence-electron chi connectivity index (χ0n) is 10.9.